The zero-order valence-corrected chi connectivity index (χ0v) is 10.4. The van der Waals surface area contributed by atoms with Crippen LogP contribution in [0.3, 0.4) is 0 Å². The smallest absolute Gasteiger partial charge is 0.336 e. The fraction of sp³-hybridized carbons (Fsp3) is 0.286. The van der Waals surface area contributed by atoms with Crippen LogP contribution in [0.15, 0.2) is 33.5 Å². The second-order valence-corrected chi connectivity index (χ2v) is 4.09. The molecule has 0 aliphatic carbocycles. The van der Waals surface area contributed by atoms with Gasteiger partial charge in [-0.15, -0.1) is 0 Å². The van der Waals surface area contributed by atoms with Crippen LogP contribution in [0.5, 0.6) is 5.75 Å². The Morgan fingerprint density at radius 1 is 1.33 bits per heavy atom. The molecule has 0 amide bonds. The highest BCUT2D eigenvalue weighted by Gasteiger charge is 2.05. The summed E-state index contributed by atoms with van der Waals surface area (Å²) in [5.74, 6) is 0.554. The van der Waals surface area contributed by atoms with E-state index in [1.54, 1.807) is 19.1 Å². The van der Waals surface area contributed by atoms with E-state index >= 15 is 0 Å². The minimum Gasteiger partial charge on any atom is -0.486 e. The molecule has 1 aromatic heterocycles. The summed E-state index contributed by atoms with van der Waals surface area (Å²) in [6.45, 7) is 3.67. The van der Waals surface area contributed by atoms with E-state index in [9.17, 15) is 9.59 Å². The molecule has 0 aliphatic rings. The van der Waals surface area contributed by atoms with Crippen LogP contribution in [-0.4, -0.2) is 12.4 Å². The highest BCUT2D eigenvalue weighted by Crippen LogP contribution is 2.22. The van der Waals surface area contributed by atoms with Crippen LogP contribution >= 0.6 is 0 Å². The van der Waals surface area contributed by atoms with Gasteiger partial charge in [-0.1, -0.05) is 6.92 Å². The standard InChI is InChI=1S/C14H14O4/c1-3-10(15)8-17-11-4-5-12-9(2)6-14(16)18-13(12)7-11/h4-7H,3,8H2,1-2H3. The Hall–Kier alpha value is -2.10. The molecule has 0 aliphatic heterocycles. The Kier molecular flexibility index (Phi) is 3.46. The molecule has 4 heteroatoms. The van der Waals surface area contributed by atoms with Crippen molar-refractivity contribution in [1.29, 1.82) is 0 Å². The highest BCUT2D eigenvalue weighted by molar-refractivity contribution is 5.82. The number of aryl methyl sites for hydroxylation is 1. The van der Waals surface area contributed by atoms with Gasteiger partial charge in [0.2, 0.25) is 0 Å². The van der Waals surface area contributed by atoms with Crippen LogP contribution in [0.1, 0.15) is 18.9 Å². The number of ether oxygens (including phenoxy) is 1. The molecule has 4 nitrogen and oxygen atoms in total. The summed E-state index contributed by atoms with van der Waals surface area (Å²) in [6.07, 6.45) is 0.446. The largest absolute Gasteiger partial charge is 0.486 e. The molecule has 0 N–H and O–H groups in total. The lowest BCUT2D eigenvalue weighted by Gasteiger charge is -2.06. The normalized spacial score (nSPS) is 10.6. The summed E-state index contributed by atoms with van der Waals surface area (Å²) in [5, 5.41) is 0.865. The van der Waals surface area contributed by atoms with Crippen LogP contribution in [0.25, 0.3) is 11.0 Å². The predicted molar refractivity (Wildman–Crippen MR) is 68.0 cm³/mol. The number of fused-ring (bicyclic) bond motifs is 1. The van der Waals surface area contributed by atoms with Crippen molar-refractivity contribution in [2.45, 2.75) is 20.3 Å². The average molecular weight is 246 g/mol. The molecule has 0 atom stereocenters. The molecular weight excluding hydrogens is 232 g/mol. The van der Waals surface area contributed by atoms with E-state index in [2.05, 4.69) is 0 Å². The third-order valence-corrected chi connectivity index (χ3v) is 2.72. The Balaban J connectivity index is 2.32. The van der Waals surface area contributed by atoms with Gasteiger partial charge in [0.1, 0.15) is 17.9 Å². The van der Waals surface area contributed by atoms with Crippen molar-refractivity contribution in [3.63, 3.8) is 0 Å². The topological polar surface area (TPSA) is 56.5 Å². The predicted octanol–water partition coefficient (Wildman–Crippen LogP) is 2.46. The number of carbonyl (C=O) groups excluding carboxylic acids is 1. The van der Waals surface area contributed by atoms with Crippen molar-refractivity contribution in [2.75, 3.05) is 6.61 Å². The Labute approximate surface area is 104 Å². The van der Waals surface area contributed by atoms with Gasteiger partial charge in [0.25, 0.3) is 0 Å². The minimum atomic E-state index is -0.387. The van der Waals surface area contributed by atoms with Crippen molar-refractivity contribution in [3.05, 3.63) is 40.2 Å². The molecule has 2 aromatic rings. The quantitative estimate of drug-likeness (QED) is 0.777. The van der Waals surface area contributed by atoms with Gasteiger partial charge >= 0.3 is 5.63 Å². The van der Waals surface area contributed by atoms with E-state index in [1.165, 1.54) is 6.07 Å². The maximum Gasteiger partial charge on any atom is 0.336 e. The van der Waals surface area contributed by atoms with Crippen molar-refractivity contribution >= 4 is 16.8 Å². The molecule has 0 unspecified atom stereocenters. The summed E-state index contributed by atoms with van der Waals surface area (Å²) in [4.78, 5) is 22.4. The lowest BCUT2D eigenvalue weighted by Crippen LogP contribution is -2.09. The Morgan fingerprint density at radius 2 is 2.11 bits per heavy atom. The van der Waals surface area contributed by atoms with Crippen molar-refractivity contribution in [2.24, 2.45) is 0 Å². The number of carbonyl (C=O) groups is 1. The summed E-state index contributed by atoms with van der Waals surface area (Å²) < 4.78 is 10.4. The lowest BCUT2D eigenvalue weighted by atomic mass is 10.1. The van der Waals surface area contributed by atoms with Crippen molar-refractivity contribution in [1.82, 2.24) is 0 Å². The first-order valence-electron chi connectivity index (χ1n) is 5.79. The molecule has 0 saturated carbocycles. The average Bonchev–Trinajstić information content (AvgIpc) is 2.35. The maximum absolute atomic E-state index is 11.3. The van der Waals surface area contributed by atoms with Gasteiger partial charge in [-0.3, -0.25) is 4.79 Å². The van der Waals surface area contributed by atoms with E-state index in [1.807, 2.05) is 13.0 Å². The van der Waals surface area contributed by atoms with Gasteiger partial charge in [-0.25, -0.2) is 4.79 Å². The summed E-state index contributed by atoms with van der Waals surface area (Å²) in [7, 11) is 0. The summed E-state index contributed by atoms with van der Waals surface area (Å²) in [5.41, 5.74) is 0.945. The number of rotatable bonds is 4. The second-order valence-electron chi connectivity index (χ2n) is 4.09. The third kappa shape index (κ3) is 2.59. The van der Waals surface area contributed by atoms with Gasteiger partial charge in [0.05, 0.1) is 0 Å². The summed E-state index contributed by atoms with van der Waals surface area (Å²) in [6, 6.07) is 6.66. The molecule has 1 aromatic carbocycles. The van der Waals surface area contributed by atoms with Gasteiger partial charge in [-0.2, -0.15) is 0 Å². The van der Waals surface area contributed by atoms with E-state index in [4.69, 9.17) is 9.15 Å². The molecule has 0 radical (unpaired) electrons. The lowest BCUT2D eigenvalue weighted by molar-refractivity contribution is -0.120. The first kappa shape index (κ1) is 12.4. The number of hydrogen-bond donors (Lipinski definition) is 0. The van der Waals surface area contributed by atoms with Crippen molar-refractivity contribution in [3.8, 4) is 5.75 Å². The van der Waals surface area contributed by atoms with Crippen LogP contribution in [0.4, 0.5) is 0 Å². The first-order valence-corrected chi connectivity index (χ1v) is 5.79. The maximum atomic E-state index is 11.3. The second kappa shape index (κ2) is 5.04. The van der Waals surface area contributed by atoms with Crippen LogP contribution in [-0.2, 0) is 4.79 Å². The van der Waals surface area contributed by atoms with E-state index in [0.717, 1.165) is 10.9 Å². The number of hydrogen-bond acceptors (Lipinski definition) is 4. The van der Waals surface area contributed by atoms with Gasteiger partial charge in [-0.05, 0) is 24.6 Å². The van der Waals surface area contributed by atoms with Gasteiger partial charge < -0.3 is 9.15 Å². The first-order chi connectivity index (χ1) is 8.60. The van der Waals surface area contributed by atoms with Crippen LogP contribution < -0.4 is 10.4 Å². The molecule has 0 saturated heterocycles. The molecule has 0 bridgehead atoms. The number of ketones is 1. The molecule has 94 valence electrons. The Bertz CT molecular complexity index is 640. The van der Waals surface area contributed by atoms with E-state index in [-0.39, 0.29) is 18.0 Å². The van der Waals surface area contributed by atoms with Gasteiger partial charge in [0.15, 0.2) is 5.78 Å². The molecule has 1 heterocycles. The Morgan fingerprint density at radius 3 is 2.83 bits per heavy atom. The van der Waals surface area contributed by atoms with E-state index < -0.39 is 0 Å². The molecule has 18 heavy (non-hydrogen) atoms. The fourth-order valence-electron chi connectivity index (χ4n) is 1.66. The number of Topliss-reactive ketones (excluding diaryl/α,β-unsaturated/α-hetero) is 1. The zero-order chi connectivity index (χ0) is 13.1. The van der Waals surface area contributed by atoms with Crippen molar-refractivity contribution < 1.29 is 13.9 Å². The fourth-order valence-corrected chi connectivity index (χ4v) is 1.66. The highest BCUT2D eigenvalue weighted by atomic mass is 16.5. The number of benzene rings is 1. The summed E-state index contributed by atoms with van der Waals surface area (Å²) >= 11 is 0. The van der Waals surface area contributed by atoms with Crippen LogP contribution in [0, 0.1) is 6.92 Å². The molecule has 0 spiro atoms. The molecule has 2 rings (SSSR count). The van der Waals surface area contributed by atoms with E-state index in [0.29, 0.717) is 17.8 Å². The monoisotopic (exact) mass is 246 g/mol. The molecule has 0 fully saturated rings. The zero-order valence-electron chi connectivity index (χ0n) is 10.4. The minimum absolute atomic E-state index is 0.0285. The molecular formula is C14H14O4. The third-order valence-electron chi connectivity index (χ3n) is 2.72. The SMILES string of the molecule is CCC(=O)COc1ccc2c(C)cc(=O)oc2c1. The van der Waals surface area contributed by atoms with Gasteiger partial charge in [0, 0.05) is 23.9 Å². The van der Waals surface area contributed by atoms with Crippen LogP contribution in [0.2, 0.25) is 0 Å².